The fraction of sp³-hybridized carbons (Fsp3) is 0.0476. The van der Waals surface area contributed by atoms with Crippen LogP contribution in [0.2, 0.25) is 15.1 Å². The molecule has 0 aliphatic carbocycles. The first-order valence-electron chi connectivity index (χ1n) is 8.34. The number of oxazole rings is 1. The van der Waals surface area contributed by atoms with Crippen molar-refractivity contribution in [2.75, 3.05) is 5.32 Å². The van der Waals surface area contributed by atoms with Crippen molar-refractivity contribution in [1.29, 1.82) is 0 Å². The molecule has 4 nitrogen and oxygen atoms in total. The number of carbonyl (C=O) groups excluding carboxylic acids is 1. The van der Waals surface area contributed by atoms with E-state index in [0.29, 0.717) is 48.9 Å². The van der Waals surface area contributed by atoms with Crippen molar-refractivity contribution in [1.82, 2.24) is 4.98 Å². The van der Waals surface area contributed by atoms with Crippen molar-refractivity contribution in [3.63, 3.8) is 0 Å². The first kappa shape index (κ1) is 18.8. The lowest BCUT2D eigenvalue weighted by atomic mass is 10.1. The van der Waals surface area contributed by atoms with E-state index < -0.39 is 0 Å². The fourth-order valence-corrected chi connectivity index (χ4v) is 3.48. The number of aromatic nitrogens is 1. The van der Waals surface area contributed by atoms with E-state index in [4.69, 9.17) is 39.2 Å². The maximum absolute atomic E-state index is 12.5. The van der Waals surface area contributed by atoms with Gasteiger partial charge in [-0.2, -0.15) is 0 Å². The molecule has 0 atom stereocenters. The number of anilines is 1. The van der Waals surface area contributed by atoms with Crippen LogP contribution >= 0.6 is 34.8 Å². The molecule has 28 heavy (non-hydrogen) atoms. The Kier molecular flexibility index (Phi) is 5.02. The Morgan fingerprint density at radius 2 is 1.79 bits per heavy atom. The van der Waals surface area contributed by atoms with Gasteiger partial charge in [-0.05, 0) is 61.0 Å². The Balaban J connectivity index is 1.65. The number of hydrogen-bond donors (Lipinski definition) is 1. The van der Waals surface area contributed by atoms with Crippen LogP contribution in [0.25, 0.3) is 22.6 Å². The average Bonchev–Trinajstić information content (AvgIpc) is 3.06. The maximum Gasteiger partial charge on any atom is 0.257 e. The molecule has 0 radical (unpaired) electrons. The lowest BCUT2D eigenvalue weighted by Gasteiger charge is -2.07. The summed E-state index contributed by atoms with van der Waals surface area (Å²) in [6.45, 7) is 1.91. The SMILES string of the molecule is Cc1ccc(C(=O)Nc2ccc3oc(-c4cc(Cl)ccc4Cl)nc3c2)c(Cl)c1. The van der Waals surface area contributed by atoms with Gasteiger partial charge in [0.1, 0.15) is 5.52 Å². The van der Waals surface area contributed by atoms with E-state index in [2.05, 4.69) is 10.3 Å². The standard InChI is InChI=1S/C21H13Cl3N2O2/c1-11-2-5-14(17(24)8-11)20(27)25-13-4-7-19-18(10-13)26-21(28-19)15-9-12(22)3-6-16(15)23/h2-10H,1H3,(H,25,27). The molecule has 3 aromatic carbocycles. The van der Waals surface area contributed by atoms with E-state index in [1.54, 1.807) is 48.5 Å². The van der Waals surface area contributed by atoms with Crippen LogP contribution in [0, 0.1) is 6.92 Å². The van der Waals surface area contributed by atoms with Gasteiger partial charge in [0, 0.05) is 10.7 Å². The topological polar surface area (TPSA) is 55.1 Å². The van der Waals surface area contributed by atoms with Crippen LogP contribution in [0.15, 0.2) is 59.0 Å². The van der Waals surface area contributed by atoms with Crippen LogP contribution in [0.1, 0.15) is 15.9 Å². The highest BCUT2D eigenvalue weighted by Gasteiger charge is 2.15. The Morgan fingerprint density at radius 1 is 0.964 bits per heavy atom. The normalized spacial score (nSPS) is 11.0. The average molecular weight is 432 g/mol. The molecule has 0 aliphatic heterocycles. The number of fused-ring (bicyclic) bond motifs is 1. The predicted molar refractivity (Wildman–Crippen MR) is 114 cm³/mol. The zero-order chi connectivity index (χ0) is 19.8. The van der Waals surface area contributed by atoms with E-state index in [1.165, 1.54) is 0 Å². The van der Waals surface area contributed by atoms with E-state index in [-0.39, 0.29) is 5.91 Å². The van der Waals surface area contributed by atoms with Crippen LogP contribution in [0.5, 0.6) is 0 Å². The second-order valence-corrected chi connectivity index (χ2v) is 7.51. The molecule has 1 heterocycles. The second-order valence-electron chi connectivity index (χ2n) is 6.26. The molecule has 0 saturated carbocycles. The highest BCUT2D eigenvalue weighted by molar-refractivity contribution is 6.35. The van der Waals surface area contributed by atoms with E-state index >= 15 is 0 Å². The van der Waals surface area contributed by atoms with E-state index in [0.717, 1.165) is 5.56 Å². The monoisotopic (exact) mass is 430 g/mol. The minimum atomic E-state index is -0.300. The number of nitrogens with zero attached hydrogens (tertiary/aromatic N) is 1. The Bertz CT molecular complexity index is 1220. The van der Waals surface area contributed by atoms with Gasteiger partial charge < -0.3 is 9.73 Å². The summed E-state index contributed by atoms with van der Waals surface area (Å²) < 4.78 is 5.78. The molecule has 0 aliphatic rings. The third kappa shape index (κ3) is 3.72. The fourth-order valence-electron chi connectivity index (χ4n) is 2.78. The summed E-state index contributed by atoms with van der Waals surface area (Å²) in [5, 5.41) is 4.25. The predicted octanol–water partition coefficient (Wildman–Crippen LogP) is 7.02. The third-order valence-electron chi connectivity index (χ3n) is 4.17. The summed E-state index contributed by atoms with van der Waals surface area (Å²) in [4.78, 5) is 17.0. The molecule has 0 fully saturated rings. The van der Waals surface area contributed by atoms with Crippen LogP contribution in [0.4, 0.5) is 5.69 Å². The molecule has 0 saturated heterocycles. The number of hydrogen-bond acceptors (Lipinski definition) is 3. The summed E-state index contributed by atoms with van der Waals surface area (Å²) in [5.41, 5.74) is 3.71. The number of aryl methyl sites for hydroxylation is 1. The van der Waals surface area contributed by atoms with Gasteiger partial charge in [-0.25, -0.2) is 4.98 Å². The van der Waals surface area contributed by atoms with Crippen LogP contribution in [-0.4, -0.2) is 10.9 Å². The van der Waals surface area contributed by atoms with Crippen LogP contribution < -0.4 is 5.32 Å². The lowest BCUT2D eigenvalue weighted by molar-refractivity contribution is 0.102. The van der Waals surface area contributed by atoms with Gasteiger partial charge in [0.15, 0.2) is 5.58 Å². The molecule has 1 N–H and O–H groups in total. The Labute approximate surface area is 176 Å². The maximum atomic E-state index is 12.5. The molecular weight excluding hydrogens is 419 g/mol. The van der Waals surface area contributed by atoms with Crippen molar-refractivity contribution >= 4 is 57.5 Å². The molecule has 4 aromatic rings. The third-order valence-corrected chi connectivity index (χ3v) is 5.05. The largest absolute Gasteiger partial charge is 0.436 e. The molecule has 4 rings (SSSR count). The smallest absolute Gasteiger partial charge is 0.257 e. The van der Waals surface area contributed by atoms with Crippen molar-refractivity contribution in [2.45, 2.75) is 6.92 Å². The van der Waals surface area contributed by atoms with Gasteiger partial charge in [0.25, 0.3) is 5.91 Å². The number of benzene rings is 3. The first-order valence-corrected chi connectivity index (χ1v) is 9.47. The van der Waals surface area contributed by atoms with Gasteiger partial charge in [-0.1, -0.05) is 40.9 Å². The minimum absolute atomic E-state index is 0.300. The molecule has 1 aromatic heterocycles. The number of amides is 1. The molecular formula is C21H13Cl3N2O2. The highest BCUT2D eigenvalue weighted by Crippen LogP contribution is 2.33. The summed E-state index contributed by atoms with van der Waals surface area (Å²) in [5.74, 6) is 0.0542. The van der Waals surface area contributed by atoms with Gasteiger partial charge in [0.05, 0.1) is 21.2 Å². The minimum Gasteiger partial charge on any atom is -0.436 e. The number of rotatable bonds is 3. The molecule has 1 amide bonds. The summed E-state index contributed by atoms with van der Waals surface area (Å²) in [7, 11) is 0. The lowest BCUT2D eigenvalue weighted by Crippen LogP contribution is -2.12. The molecule has 140 valence electrons. The van der Waals surface area contributed by atoms with E-state index in [1.807, 2.05) is 13.0 Å². The van der Waals surface area contributed by atoms with Crippen molar-refractivity contribution < 1.29 is 9.21 Å². The molecule has 0 bridgehead atoms. The summed E-state index contributed by atoms with van der Waals surface area (Å²) in [6.07, 6.45) is 0. The molecule has 0 spiro atoms. The number of nitrogens with one attached hydrogen (secondary N) is 1. The molecule has 0 unspecified atom stereocenters. The van der Waals surface area contributed by atoms with Crippen molar-refractivity contribution in [2.24, 2.45) is 0 Å². The van der Waals surface area contributed by atoms with Gasteiger partial charge in [-0.15, -0.1) is 0 Å². The van der Waals surface area contributed by atoms with Gasteiger partial charge in [-0.3, -0.25) is 4.79 Å². The highest BCUT2D eigenvalue weighted by atomic mass is 35.5. The Hall–Kier alpha value is -2.53. The zero-order valence-corrected chi connectivity index (χ0v) is 16.9. The molecule has 7 heteroatoms. The van der Waals surface area contributed by atoms with Crippen LogP contribution in [-0.2, 0) is 0 Å². The number of carbonyl (C=O) groups is 1. The van der Waals surface area contributed by atoms with Crippen molar-refractivity contribution in [3.05, 3.63) is 80.8 Å². The number of halogens is 3. The summed E-state index contributed by atoms with van der Waals surface area (Å²) >= 11 is 18.4. The van der Waals surface area contributed by atoms with Gasteiger partial charge >= 0.3 is 0 Å². The first-order chi connectivity index (χ1) is 13.4. The zero-order valence-electron chi connectivity index (χ0n) is 14.6. The van der Waals surface area contributed by atoms with Gasteiger partial charge in [0.2, 0.25) is 5.89 Å². The van der Waals surface area contributed by atoms with Crippen LogP contribution in [0.3, 0.4) is 0 Å². The second kappa shape index (κ2) is 7.47. The van der Waals surface area contributed by atoms with Crippen molar-refractivity contribution in [3.8, 4) is 11.5 Å². The summed E-state index contributed by atoms with van der Waals surface area (Å²) in [6, 6.07) is 15.5. The Morgan fingerprint density at radius 3 is 2.57 bits per heavy atom. The quantitative estimate of drug-likeness (QED) is 0.379. The van der Waals surface area contributed by atoms with E-state index in [9.17, 15) is 4.79 Å².